The van der Waals surface area contributed by atoms with Crippen molar-refractivity contribution in [1.29, 1.82) is 0 Å². The summed E-state index contributed by atoms with van der Waals surface area (Å²) in [4.78, 5) is 22.4. The van der Waals surface area contributed by atoms with Gasteiger partial charge in [-0.15, -0.1) is 11.3 Å². The Balaban J connectivity index is 0.000000994. The fourth-order valence-corrected chi connectivity index (χ4v) is 4.68. The SMILES string of the molecule is CC.Cc1cncc(-c2ccc3c(ccc4sc5c(c43)NC[C@@H](C)NC5=O)n2)c1. The van der Waals surface area contributed by atoms with E-state index in [-0.39, 0.29) is 11.9 Å². The number of nitrogens with one attached hydrogen (secondary N) is 2. The molecule has 0 fully saturated rings. The zero-order valence-electron chi connectivity index (χ0n) is 17.0. The van der Waals surface area contributed by atoms with Crippen LogP contribution in [0, 0.1) is 6.92 Å². The maximum Gasteiger partial charge on any atom is 0.263 e. The molecule has 4 heterocycles. The van der Waals surface area contributed by atoms with Crippen molar-refractivity contribution in [2.24, 2.45) is 0 Å². The second kappa shape index (κ2) is 7.79. The van der Waals surface area contributed by atoms with Crippen molar-refractivity contribution >= 4 is 43.9 Å². The molecule has 1 amide bonds. The number of aromatic nitrogens is 2. The Morgan fingerprint density at radius 2 is 1.97 bits per heavy atom. The summed E-state index contributed by atoms with van der Waals surface area (Å²) in [5.41, 5.74) is 4.86. The summed E-state index contributed by atoms with van der Waals surface area (Å²) in [5.74, 6) is -0.00716. The van der Waals surface area contributed by atoms with Gasteiger partial charge < -0.3 is 10.6 Å². The monoisotopic (exact) mass is 404 g/mol. The van der Waals surface area contributed by atoms with Crippen molar-refractivity contribution in [3.05, 3.63) is 53.2 Å². The highest BCUT2D eigenvalue weighted by molar-refractivity contribution is 7.21. The molecule has 5 nitrogen and oxygen atoms in total. The Labute approximate surface area is 174 Å². The third kappa shape index (κ3) is 3.44. The summed E-state index contributed by atoms with van der Waals surface area (Å²) in [6.07, 6.45) is 3.68. The van der Waals surface area contributed by atoms with Crippen LogP contribution in [0.3, 0.4) is 0 Å². The fraction of sp³-hybridized carbons (Fsp3) is 0.261. The summed E-state index contributed by atoms with van der Waals surface area (Å²) in [6, 6.07) is 10.4. The van der Waals surface area contributed by atoms with Crippen LogP contribution in [-0.2, 0) is 0 Å². The fourth-order valence-electron chi connectivity index (χ4n) is 3.58. The zero-order valence-corrected chi connectivity index (χ0v) is 17.9. The van der Waals surface area contributed by atoms with Crippen molar-refractivity contribution in [3.8, 4) is 11.3 Å². The highest BCUT2D eigenvalue weighted by atomic mass is 32.1. The first-order valence-electron chi connectivity index (χ1n) is 9.93. The van der Waals surface area contributed by atoms with Crippen LogP contribution in [0.15, 0.2) is 42.7 Å². The molecule has 1 atom stereocenters. The van der Waals surface area contributed by atoms with E-state index in [1.165, 1.54) is 11.3 Å². The van der Waals surface area contributed by atoms with Gasteiger partial charge in [-0.2, -0.15) is 0 Å². The molecule has 0 aliphatic carbocycles. The Morgan fingerprint density at radius 3 is 2.76 bits per heavy atom. The lowest BCUT2D eigenvalue weighted by Crippen LogP contribution is -2.34. The number of carbonyl (C=O) groups excluding carboxylic acids is 1. The topological polar surface area (TPSA) is 66.9 Å². The average molecular weight is 405 g/mol. The number of rotatable bonds is 1. The third-order valence-corrected chi connectivity index (χ3v) is 6.02. The molecule has 4 aromatic rings. The Hall–Kier alpha value is -2.99. The predicted molar refractivity (Wildman–Crippen MR) is 122 cm³/mol. The van der Waals surface area contributed by atoms with Crippen LogP contribution in [-0.4, -0.2) is 28.5 Å². The molecule has 0 radical (unpaired) electrons. The Morgan fingerprint density at radius 1 is 1.14 bits per heavy atom. The highest BCUT2D eigenvalue weighted by Gasteiger charge is 2.24. The minimum absolute atomic E-state index is 0.00716. The van der Waals surface area contributed by atoms with Gasteiger partial charge in [-0.3, -0.25) is 9.78 Å². The van der Waals surface area contributed by atoms with Crippen LogP contribution < -0.4 is 10.6 Å². The van der Waals surface area contributed by atoms with Gasteiger partial charge in [0.2, 0.25) is 0 Å². The van der Waals surface area contributed by atoms with Crippen molar-refractivity contribution in [3.63, 3.8) is 0 Å². The zero-order chi connectivity index (χ0) is 20.5. The molecule has 1 aliphatic rings. The highest BCUT2D eigenvalue weighted by Crippen LogP contribution is 2.41. The quantitative estimate of drug-likeness (QED) is 0.446. The molecule has 0 unspecified atom stereocenters. The standard InChI is InChI=1S/C21H18N4OS.C2H6/c1-11-7-13(10-22-8-11)15-4-3-14-16(25-15)5-6-17-18(14)19-20(27-17)21(26)24-12(2)9-23-19;1-2/h3-8,10,12,23H,9H2,1-2H3,(H,24,26);1-2H3/t12-;/m1./s1. The first-order valence-corrected chi connectivity index (χ1v) is 10.7. The molecule has 0 bridgehead atoms. The van der Waals surface area contributed by atoms with Crippen molar-refractivity contribution < 1.29 is 4.79 Å². The van der Waals surface area contributed by atoms with Crippen LogP contribution >= 0.6 is 11.3 Å². The van der Waals surface area contributed by atoms with Gasteiger partial charge in [-0.1, -0.05) is 13.8 Å². The lowest BCUT2D eigenvalue weighted by atomic mass is 10.1. The number of aryl methyl sites for hydroxylation is 1. The number of benzene rings is 1. The molecule has 5 rings (SSSR count). The number of anilines is 1. The number of thiophene rings is 1. The maximum atomic E-state index is 12.5. The maximum absolute atomic E-state index is 12.5. The summed E-state index contributed by atoms with van der Waals surface area (Å²) in [6.45, 7) is 8.74. The molecule has 2 N–H and O–H groups in total. The van der Waals surface area contributed by atoms with Crippen molar-refractivity contribution in [2.75, 3.05) is 11.9 Å². The minimum Gasteiger partial charge on any atom is -0.381 e. The van der Waals surface area contributed by atoms with E-state index in [4.69, 9.17) is 4.98 Å². The van der Waals surface area contributed by atoms with E-state index in [1.807, 2.05) is 52.2 Å². The lowest BCUT2D eigenvalue weighted by molar-refractivity contribution is 0.0949. The van der Waals surface area contributed by atoms with Crippen LogP contribution in [0.25, 0.3) is 32.2 Å². The molecule has 0 saturated heterocycles. The van der Waals surface area contributed by atoms with Crippen LogP contribution in [0.2, 0.25) is 0 Å². The van der Waals surface area contributed by atoms with Crippen LogP contribution in [0.1, 0.15) is 36.0 Å². The largest absolute Gasteiger partial charge is 0.381 e. The molecule has 29 heavy (non-hydrogen) atoms. The first-order chi connectivity index (χ1) is 14.1. The van der Waals surface area contributed by atoms with Crippen LogP contribution in [0.4, 0.5) is 5.69 Å². The van der Waals surface area contributed by atoms with Crippen LogP contribution in [0.5, 0.6) is 0 Å². The first kappa shape index (κ1) is 19.3. The molecule has 6 heteroatoms. The number of nitrogens with zero attached hydrogens (tertiary/aromatic N) is 2. The van der Waals surface area contributed by atoms with Gasteiger partial charge in [-0.25, -0.2) is 4.98 Å². The lowest BCUT2D eigenvalue weighted by Gasteiger charge is -2.10. The molecular formula is C23H24N4OS. The smallest absolute Gasteiger partial charge is 0.263 e. The van der Waals surface area contributed by atoms with Gasteiger partial charge in [0, 0.05) is 46.0 Å². The van der Waals surface area contributed by atoms with Gasteiger partial charge >= 0.3 is 0 Å². The van der Waals surface area contributed by atoms with E-state index in [2.05, 4.69) is 33.8 Å². The van der Waals surface area contributed by atoms with E-state index in [1.54, 1.807) is 0 Å². The summed E-state index contributed by atoms with van der Waals surface area (Å²) >= 11 is 1.53. The minimum atomic E-state index is -0.00716. The number of hydrogen-bond donors (Lipinski definition) is 2. The second-order valence-electron chi connectivity index (χ2n) is 7.01. The van der Waals surface area contributed by atoms with Crippen molar-refractivity contribution in [1.82, 2.24) is 15.3 Å². The number of carbonyl (C=O) groups is 1. The van der Waals surface area contributed by atoms with E-state index >= 15 is 0 Å². The van der Waals surface area contributed by atoms with Gasteiger partial charge in [0.25, 0.3) is 5.91 Å². The van der Waals surface area contributed by atoms with E-state index < -0.39 is 0 Å². The summed E-state index contributed by atoms with van der Waals surface area (Å²) in [7, 11) is 0. The van der Waals surface area contributed by atoms with E-state index in [0.29, 0.717) is 6.54 Å². The molecular weight excluding hydrogens is 380 g/mol. The molecule has 0 spiro atoms. The number of fused-ring (bicyclic) bond motifs is 5. The second-order valence-corrected chi connectivity index (χ2v) is 8.07. The summed E-state index contributed by atoms with van der Waals surface area (Å²) in [5, 5.41) is 8.63. The van der Waals surface area contributed by atoms with E-state index in [0.717, 1.165) is 48.4 Å². The molecule has 1 aromatic carbocycles. The Bertz CT molecular complexity index is 1210. The average Bonchev–Trinajstić information content (AvgIpc) is 3.06. The third-order valence-electron chi connectivity index (χ3n) is 4.86. The summed E-state index contributed by atoms with van der Waals surface area (Å²) < 4.78 is 1.09. The van der Waals surface area contributed by atoms with Gasteiger partial charge in [0.1, 0.15) is 4.88 Å². The van der Waals surface area contributed by atoms with E-state index in [9.17, 15) is 4.79 Å². The number of amides is 1. The Kier molecular flexibility index (Phi) is 5.20. The van der Waals surface area contributed by atoms with Gasteiger partial charge in [-0.05, 0) is 49.7 Å². The molecule has 148 valence electrons. The molecule has 0 saturated carbocycles. The predicted octanol–water partition coefficient (Wildman–Crippen LogP) is 5.39. The molecule has 1 aliphatic heterocycles. The molecule has 3 aromatic heterocycles. The van der Waals surface area contributed by atoms with Crippen molar-refractivity contribution in [2.45, 2.75) is 33.7 Å². The van der Waals surface area contributed by atoms with Gasteiger partial charge in [0.15, 0.2) is 0 Å². The normalized spacial score (nSPS) is 15.7. The number of hydrogen-bond acceptors (Lipinski definition) is 5. The van der Waals surface area contributed by atoms with Gasteiger partial charge in [0.05, 0.1) is 16.9 Å². The number of pyridine rings is 2.